The standard InChI is InChI=1S/C14H17N3OS/c1-9-5-6-10(2)11(7-9)18-13-8-12(15-3)16-14(17-13)19-4/h5-8H,1-4H3,(H,15,16,17). The van der Waals surface area contributed by atoms with Crippen molar-refractivity contribution in [1.29, 1.82) is 0 Å². The Morgan fingerprint density at radius 2 is 1.95 bits per heavy atom. The van der Waals surface area contributed by atoms with Gasteiger partial charge < -0.3 is 10.1 Å². The van der Waals surface area contributed by atoms with Crippen molar-refractivity contribution in [2.24, 2.45) is 0 Å². The van der Waals surface area contributed by atoms with Crippen molar-refractivity contribution < 1.29 is 4.74 Å². The Bertz CT molecular complexity index is 565. The number of benzene rings is 1. The van der Waals surface area contributed by atoms with E-state index in [1.165, 1.54) is 11.8 Å². The molecular weight excluding hydrogens is 258 g/mol. The van der Waals surface area contributed by atoms with E-state index in [0.29, 0.717) is 11.0 Å². The van der Waals surface area contributed by atoms with Crippen LogP contribution in [0.25, 0.3) is 0 Å². The third-order valence-corrected chi connectivity index (χ3v) is 3.23. The highest BCUT2D eigenvalue weighted by atomic mass is 32.2. The lowest BCUT2D eigenvalue weighted by Gasteiger charge is -2.10. The summed E-state index contributed by atoms with van der Waals surface area (Å²) in [5, 5.41) is 3.70. The quantitative estimate of drug-likeness (QED) is 0.681. The van der Waals surface area contributed by atoms with Crippen LogP contribution in [-0.2, 0) is 0 Å². The zero-order chi connectivity index (χ0) is 13.8. The van der Waals surface area contributed by atoms with Crippen LogP contribution in [0.4, 0.5) is 5.82 Å². The molecule has 1 aromatic carbocycles. The molecule has 0 fully saturated rings. The van der Waals surface area contributed by atoms with Crippen LogP contribution in [0.5, 0.6) is 11.6 Å². The van der Waals surface area contributed by atoms with Gasteiger partial charge in [0, 0.05) is 13.1 Å². The molecular formula is C14H17N3OS. The molecule has 1 heterocycles. The van der Waals surface area contributed by atoms with E-state index in [9.17, 15) is 0 Å². The number of thioether (sulfide) groups is 1. The molecule has 0 atom stereocenters. The molecule has 5 heteroatoms. The first-order valence-electron chi connectivity index (χ1n) is 5.98. The topological polar surface area (TPSA) is 47.0 Å². The van der Waals surface area contributed by atoms with Gasteiger partial charge in [0.05, 0.1) is 0 Å². The van der Waals surface area contributed by atoms with Gasteiger partial charge in [0.25, 0.3) is 0 Å². The molecule has 0 spiro atoms. The van der Waals surface area contributed by atoms with Gasteiger partial charge in [0.1, 0.15) is 11.6 Å². The van der Waals surface area contributed by atoms with Crippen molar-refractivity contribution in [3.05, 3.63) is 35.4 Å². The van der Waals surface area contributed by atoms with E-state index in [1.54, 1.807) is 6.07 Å². The Labute approximate surface area is 117 Å². The molecule has 100 valence electrons. The van der Waals surface area contributed by atoms with Crippen LogP contribution in [-0.4, -0.2) is 23.3 Å². The number of hydrogen-bond donors (Lipinski definition) is 1. The number of rotatable bonds is 4. The molecule has 0 aliphatic rings. The van der Waals surface area contributed by atoms with E-state index in [2.05, 4.69) is 21.4 Å². The minimum atomic E-state index is 0.553. The molecule has 0 bridgehead atoms. The van der Waals surface area contributed by atoms with Gasteiger partial charge in [-0.25, -0.2) is 4.98 Å². The minimum Gasteiger partial charge on any atom is -0.439 e. The number of hydrogen-bond acceptors (Lipinski definition) is 5. The molecule has 0 aliphatic carbocycles. The average molecular weight is 275 g/mol. The van der Waals surface area contributed by atoms with Crippen molar-refractivity contribution in [3.8, 4) is 11.6 Å². The van der Waals surface area contributed by atoms with Gasteiger partial charge in [-0.15, -0.1) is 0 Å². The molecule has 1 N–H and O–H groups in total. The SMILES string of the molecule is CNc1cc(Oc2cc(C)ccc2C)nc(SC)n1. The predicted octanol–water partition coefficient (Wildman–Crippen LogP) is 3.65. The van der Waals surface area contributed by atoms with E-state index < -0.39 is 0 Å². The first kappa shape index (κ1) is 13.7. The van der Waals surface area contributed by atoms with Crippen molar-refractivity contribution >= 4 is 17.6 Å². The van der Waals surface area contributed by atoms with Gasteiger partial charge in [0.15, 0.2) is 5.16 Å². The monoisotopic (exact) mass is 275 g/mol. The third-order valence-electron chi connectivity index (χ3n) is 2.68. The fourth-order valence-corrected chi connectivity index (χ4v) is 1.98. The largest absolute Gasteiger partial charge is 0.439 e. The van der Waals surface area contributed by atoms with Crippen LogP contribution in [0.15, 0.2) is 29.4 Å². The van der Waals surface area contributed by atoms with Crippen molar-refractivity contribution in [3.63, 3.8) is 0 Å². The maximum atomic E-state index is 5.87. The predicted molar refractivity (Wildman–Crippen MR) is 79.3 cm³/mol. The zero-order valence-corrected chi connectivity index (χ0v) is 12.3. The highest BCUT2D eigenvalue weighted by molar-refractivity contribution is 7.98. The van der Waals surface area contributed by atoms with Crippen molar-refractivity contribution in [2.75, 3.05) is 18.6 Å². The highest BCUT2D eigenvalue weighted by Crippen LogP contribution is 2.27. The second-order valence-electron chi connectivity index (χ2n) is 4.20. The summed E-state index contributed by atoms with van der Waals surface area (Å²) in [4.78, 5) is 8.67. The summed E-state index contributed by atoms with van der Waals surface area (Å²) < 4.78 is 5.87. The Hall–Kier alpha value is -1.75. The molecule has 2 rings (SSSR count). The first-order chi connectivity index (χ1) is 9.12. The Morgan fingerprint density at radius 3 is 2.63 bits per heavy atom. The van der Waals surface area contributed by atoms with Crippen LogP contribution in [0.1, 0.15) is 11.1 Å². The van der Waals surface area contributed by atoms with E-state index in [1.807, 2.05) is 39.3 Å². The number of ether oxygens (including phenoxy) is 1. The highest BCUT2D eigenvalue weighted by Gasteiger charge is 2.07. The molecule has 4 nitrogen and oxygen atoms in total. The molecule has 0 saturated heterocycles. The van der Waals surface area contributed by atoms with Gasteiger partial charge in [-0.05, 0) is 37.3 Å². The van der Waals surface area contributed by atoms with Crippen LogP contribution in [0, 0.1) is 13.8 Å². The van der Waals surface area contributed by atoms with Crippen molar-refractivity contribution in [2.45, 2.75) is 19.0 Å². The summed E-state index contributed by atoms with van der Waals surface area (Å²) in [6, 6.07) is 7.91. The van der Waals surface area contributed by atoms with E-state index >= 15 is 0 Å². The number of anilines is 1. The van der Waals surface area contributed by atoms with Crippen LogP contribution < -0.4 is 10.1 Å². The molecule has 0 amide bonds. The summed E-state index contributed by atoms with van der Waals surface area (Å²) in [6.45, 7) is 4.06. The molecule has 19 heavy (non-hydrogen) atoms. The minimum absolute atomic E-state index is 0.553. The fourth-order valence-electron chi connectivity index (χ4n) is 1.61. The van der Waals surface area contributed by atoms with E-state index in [4.69, 9.17) is 4.74 Å². The van der Waals surface area contributed by atoms with Gasteiger partial charge in [0.2, 0.25) is 5.88 Å². The average Bonchev–Trinajstić information content (AvgIpc) is 2.42. The van der Waals surface area contributed by atoms with Crippen molar-refractivity contribution in [1.82, 2.24) is 9.97 Å². The summed E-state index contributed by atoms with van der Waals surface area (Å²) in [5.74, 6) is 2.13. The van der Waals surface area contributed by atoms with Gasteiger partial charge in [-0.1, -0.05) is 23.9 Å². The zero-order valence-electron chi connectivity index (χ0n) is 11.5. The number of aryl methyl sites for hydroxylation is 2. The maximum absolute atomic E-state index is 5.87. The first-order valence-corrected chi connectivity index (χ1v) is 7.21. The number of nitrogens with one attached hydrogen (secondary N) is 1. The van der Waals surface area contributed by atoms with Crippen LogP contribution in [0.2, 0.25) is 0 Å². The molecule has 1 aromatic heterocycles. The lowest BCUT2D eigenvalue weighted by molar-refractivity contribution is 0.452. The summed E-state index contributed by atoms with van der Waals surface area (Å²) >= 11 is 1.49. The third kappa shape index (κ3) is 3.38. The summed E-state index contributed by atoms with van der Waals surface area (Å²) in [6.07, 6.45) is 1.94. The Balaban J connectivity index is 2.34. The molecule has 0 aliphatic heterocycles. The molecule has 0 unspecified atom stereocenters. The second kappa shape index (κ2) is 5.93. The van der Waals surface area contributed by atoms with Gasteiger partial charge in [-0.2, -0.15) is 4.98 Å². The number of nitrogens with zero attached hydrogens (tertiary/aromatic N) is 2. The summed E-state index contributed by atoms with van der Waals surface area (Å²) in [5.41, 5.74) is 2.24. The van der Waals surface area contributed by atoms with Crippen LogP contribution >= 0.6 is 11.8 Å². The second-order valence-corrected chi connectivity index (χ2v) is 4.97. The molecule has 2 aromatic rings. The fraction of sp³-hybridized carbons (Fsp3) is 0.286. The molecule has 0 saturated carbocycles. The van der Waals surface area contributed by atoms with Gasteiger partial charge >= 0.3 is 0 Å². The lowest BCUT2D eigenvalue weighted by Crippen LogP contribution is -1.98. The van der Waals surface area contributed by atoms with Crippen LogP contribution in [0.3, 0.4) is 0 Å². The Morgan fingerprint density at radius 1 is 1.16 bits per heavy atom. The maximum Gasteiger partial charge on any atom is 0.225 e. The van der Waals surface area contributed by atoms with E-state index in [0.717, 1.165) is 22.7 Å². The smallest absolute Gasteiger partial charge is 0.225 e. The lowest BCUT2D eigenvalue weighted by atomic mass is 10.1. The van der Waals surface area contributed by atoms with E-state index in [-0.39, 0.29) is 0 Å². The van der Waals surface area contributed by atoms with Gasteiger partial charge in [-0.3, -0.25) is 0 Å². The number of aromatic nitrogens is 2. The normalized spacial score (nSPS) is 10.3. The summed E-state index contributed by atoms with van der Waals surface area (Å²) in [7, 11) is 1.83. The Kier molecular flexibility index (Phi) is 4.27. The molecule has 0 radical (unpaired) electrons.